The van der Waals surface area contributed by atoms with Crippen LogP contribution in [-0.4, -0.2) is 5.11 Å². The smallest absolute Gasteiger partial charge is 0.416 e. The minimum absolute atomic E-state index is 0.0803. The van der Waals surface area contributed by atoms with E-state index in [4.69, 9.17) is 5.73 Å². The van der Waals surface area contributed by atoms with Crippen LogP contribution >= 0.6 is 0 Å². The van der Waals surface area contributed by atoms with Gasteiger partial charge in [0.2, 0.25) is 0 Å². The van der Waals surface area contributed by atoms with Crippen molar-refractivity contribution in [3.8, 4) is 5.75 Å². The zero-order valence-electron chi connectivity index (χ0n) is 8.23. The first-order valence-corrected chi connectivity index (χ1v) is 4.54. The summed E-state index contributed by atoms with van der Waals surface area (Å²) in [7, 11) is 0. The summed E-state index contributed by atoms with van der Waals surface area (Å²) in [5, 5.41) is 9.22. The van der Waals surface area contributed by atoms with Crippen LogP contribution < -0.4 is 5.73 Å². The number of benzene rings is 1. The normalized spacial score (nSPS) is 11.7. The zero-order chi connectivity index (χ0) is 11.6. The minimum Gasteiger partial charge on any atom is -0.506 e. The topological polar surface area (TPSA) is 46.2 Å². The molecule has 0 saturated carbocycles. The lowest BCUT2D eigenvalue weighted by molar-refractivity contribution is -0.138. The fourth-order valence-corrected chi connectivity index (χ4v) is 1.39. The van der Waals surface area contributed by atoms with Crippen molar-refractivity contribution in [2.45, 2.75) is 25.9 Å². The number of alkyl halides is 3. The van der Waals surface area contributed by atoms with Crippen molar-refractivity contribution < 1.29 is 18.3 Å². The van der Waals surface area contributed by atoms with Crippen molar-refractivity contribution in [3.63, 3.8) is 0 Å². The van der Waals surface area contributed by atoms with Crippen LogP contribution in [-0.2, 0) is 12.6 Å². The summed E-state index contributed by atoms with van der Waals surface area (Å²) < 4.78 is 37.6. The number of halogens is 3. The molecule has 1 rings (SSSR count). The summed E-state index contributed by atoms with van der Waals surface area (Å²) in [5.41, 5.74) is 4.30. The Morgan fingerprint density at radius 2 is 1.93 bits per heavy atom. The molecule has 0 fully saturated rings. The molecule has 0 spiro atoms. The molecule has 0 atom stereocenters. The molecule has 2 nitrogen and oxygen atoms in total. The fourth-order valence-electron chi connectivity index (χ4n) is 1.39. The lowest BCUT2D eigenvalue weighted by Gasteiger charge is -2.13. The molecular formula is C10H12F3NO. The van der Waals surface area contributed by atoms with E-state index in [1.165, 1.54) is 0 Å². The van der Waals surface area contributed by atoms with Crippen molar-refractivity contribution >= 4 is 5.69 Å². The Hall–Kier alpha value is -1.39. The molecule has 0 aliphatic rings. The molecule has 84 valence electrons. The Morgan fingerprint density at radius 3 is 2.40 bits per heavy atom. The second-order valence-electron chi connectivity index (χ2n) is 3.32. The highest BCUT2D eigenvalue weighted by Gasteiger charge is 2.33. The molecule has 0 aliphatic carbocycles. The van der Waals surface area contributed by atoms with Gasteiger partial charge in [-0.05, 0) is 24.1 Å². The maximum Gasteiger partial charge on any atom is 0.416 e. The Bertz CT molecular complexity index is 360. The van der Waals surface area contributed by atoms with E-state index in [1.807, 2.05) is 0 Å². The van der Waals surface area contributed by atoms with Crippen molar-refractivity contribution in [2.75, 3.05) is 5.73 Å². The number of rotatable bonds is 2. The Balaban J connectivity index is 3.28. The third-order valence-electron chi connectivity index (χ3n) is 2.08. The molecule has 0 bridgehead atoms. The van der Waals surface area contributed by atoms with E-state index in [-0.39, 0.29) is 23.4 Å². The van der Waals surface area contributed by atoms with Gasteiger partial charge < -0.3 is 10.8 Å². The molecule has 0 aromatic heterocycles. The maximum absolute atomic E-state index is 12.5. The molecule has 1 aromatic rings. The van der Waals surface area contributed by atoms with Crippen molar-refractivity contribution in [3.05, 3.63) is 23.3 Å². The second kappa shape index (κ2) is 4.00. The van der Waals surface area contributed by atoms with Gasteiger partial charge >= 0.3 is 6.18 Å². The second-order valence-corrected chi connectivity index (χ2v) is 3.32. The number of phenolic OH excluding ortho intramolecular Hbond substituents is 1. The first-order valence-electron chi connectivity index (χ1n) is 4.54. The Labute approximate surface area is 85.5 Å². The summed E-state index contributed by atoms with van der Waals surface area (Å²) in [6, 6.07) is 1.86. The van der Waals surface area contributed by atoms with E-state index in [0.717, 1.165) is 12.1 Å². The summed E-state index contributed by atoms with van der Waals surface area (Å²) in [4.78, 5) is 0. The molecule has 0 amide bonds. The lowest BCUT2D eigenvalue weighted by atomic mass is 10.0. The third kappa shape index (κ3) is 2.55. The number of nitrogens with two attached hydrogens (primary N) is 1. The van der Waals surface area contributed by atoms with Gasteiger partial charge in [-0.15, -0.1) is 0 Å². The van der Waals surface area contributed by atoms with Crippen LogP contribution in [0.2, 0.25) is 0 Å². The number of aromatic hydroxyl groups is 1. The molecule has 5 heteroatoms. The van der Waals surface area contributed by atoms with Gasteiger partial charge in [0.25, 0.3) is 0 Å². The number of nitrogen functional groups attached to an aromatic ring is 1. The molecule has 15 heavy (non-hydrogen) atoms. The molecule has 0 heterocycles. The van der Waals surface area contributed by atoms with Gasteiger partial charge in [-0.3, -0.25) is 0 Å². The standard InChI is InChI=1S/C10H12F3NO/c1-2-3-6-4-9(15)8(14)5-7(6)10(11,12)13/h4-5,15H,2-3,14H2,1H3. The van der Waals surface area contributed by atoms with Crippen molar-refractivity contribution in [1.29, 1.82) is 0 Å². The summed E-state index contributed by atoms with van der Waals surface area (Å²) in [6.45, 7) is 1.77. The average molecular weight is 219 g/mol. The van der Waals surface area contributed by atoms with Gasteiger partial charge in [0.1, 0.15) is 5.75 Å². The molecule has 3 N–H and O–H groups in total. The first-order chi connectivity index (χ1) is 6.86. The van der Waals surface area contributed by atoms with E-state index in [2.05, 4.69) is 0 Å². The summed E-state index contributed by atoms with van der Waals surface area (Å²) >= 11 is 0. The van der Waals surface area contributed by atoms with E-state index in [9.17, 15) is 18.3 Å². The van der Waals surface area contributed by atoms with E-state index >= 15 is 0 Å². The molecule has 0 saturated heterocycles. The van der Waals surface area contributed by atoms with Gasteiger partial charge in [-0.1, -0.05) is 13.3 Å². The molecular weight excluding hydrogens is 207 g/mol. The van der Waals surface area contributed by atoms with Crippen LogP contribution in [0.5, 0.6) is 5.75 Å². The molecule has 0 aliphatic heterocycles. The van der Waals surface area contributed by atoms with Crippen LogP contribution in [0, 0.1) is 0 Å². The summed E-state index contributed by atoms with van der Waals surface area (Å²) in [5.74, 6) is -0.300. The SMILES string of the molecule is CCCc1cc(O)c(N)cc1C(F)(F)F. The predicted molar refractivity (Wildman–Crippen MR) is 51.5 cm³/mol. The predicted octanol–water partition coefficient (Wildman–Crippen LogP) is 2.95. The minimum atomic E-state index is -4.42. The monoisotopic (exact) mass is 219 g/mol. The largest absolute Gasteiger partial charge is 0.506 e. The van der Waals surface area contributed by atoms with Gasteiger partial charge in [-0.2, -0.15) is 13.2 Å². The molecule has 0 radical (unpaired) electrons. The number of phenols is 1. The average Bonchev–Trinajstić information content (AvgIpc) is 2.09. The van der Waals surface area contributed by atoms with E-state index < -0.39 is 11.7 Å². The van der Waals surface area contributed by atoms with Crippen molar-refractivity contribution in [1.82, 2.24) is 0 Å². The highest BCUT2D eigenvalue weighted by molar-refractivity contribution is 5.56. The first kappa shape index (κ1) is 11.7. The Kier molecular flexibility index (Phi) is 3.12. The number of aryl methyl sites for hydroxylation is 1. The molecule has 0 unspecified atom stereocenters. The van der Waals surface area contributed by atoms with Gasteiger partial charge in [-0.25, -0.2) is 0 Å². The summed E-state index contributed by atoms with van der Waals surface area (Å²) in [6.07, 6.45) is -3.58. The number of anilines is 1. The lowest BCUT2D eigenvalue weighted by Crippen LogP contribution is -2.10. The van der Waals surface area contributed by atoms with E-state index in [1.54, 1.807) is 6.92 Å². The van der Waals surface area contributed by atoms with Crippen LogP contribution in [0.15, 0.2) is 12.1 Å². The van der Waals surface area contributed by atoms with Crippen LogP contribution in [0.4, 0.5) is 18.9 Å². The zero-order valence-corrected chi connectivity index (χ0v) is 8.23. The van der Waals surface area contributed by atoms with Crippen LogP contribution in [0.3, 0.4) is 0 Å². The Morgan fingerprint density at radius 1 is 1.33 bits per heavy atom. The van der Waals surface area contributed by atoms with Crippen molar-refractivity contribution in [2.24, 2.45) is 0 Å². The van der Waals surface area contributed by atoms with E-state index in [0.29, 0.717) is 6.42 Å². The number of hydrogen-bond donors (Lipinski definition) is 2. The molecule has 1 aromatic carbocycles. The van der Waals surface area contributed by atoms with Crippen LogP contribution in [0.25, 0.3) is 0 Å². The quantitative estimate of drug-likeness (QED) is 0.593. The fraction of sp³-hybridized carbons (Fsp3) is 0.400. The van der Waals surface area contributed by atoms with Gasteiger partial charge in [0.15, 0.2) is 0 Å². The van der Waals surface area contributed by atoms with Gasteiger partial charge in [0, 0.05) is 0 Å². The van der Waals surface area contributed by atoms with Crippen LogP contribution in [0.1, 0.15) is 24.5 Å². The highest BCUT2D eigenvalue weighted by Crippen LogP contribution is 2.36. The number of hydrogen-bond acceptors (Lipinski definition) is 2. The van der Waals surface area contributed by atoms with Gasteiger partial charge in [0.05, 0.1) is 11.3 Å². The third-order valence-corrected chi connectivity index (χ3v) is 2.08. The highest BCUT2D eigenvalue weighted by atomic mass is 19.4. The maximum atomic E-state index is 12.5.